The molecule has 0 saturated heterocycles. The molecular formula is C13H12ClN3. The minimum Gasteiger partial charge on any atom is -1.00 e. The fourth-order valence-corrected chi connectivity index (χ4v) is 1.78. The molecule has 3 aromatic rings. The number of rotatable bonds is 2. The first-order valence-corrected chi connectivity index (χ1v) is 5.23. The highest BCUT2D eigenvalue weighted by molar-refractivity contribution is 5.70. The predicted octanol–water partition coefficient (Wildman–Crippen LogP) is -0.499. The van der Waals surface area contributed by atoms with Crippen molar-refractivity contribution in [3.05, 3.63) is 61.1 Å². The largest absolute Gasteiger partial charge is 1.00 e. The SMILES string of the molecule is [Cl-].c1ccc(Nc2[nH+]ccn3cccc23)cc1. The maximum Gasteiger partial charge on any atom is 0.301 e. The summed E-state index contributed by atoms with van der Waals surface area (Å²) in [5.74, 6) is 0.999. The van der Waals surface area contributed by atoms with Gasteiger partial charge in [0.15, 0.2) is 0 Å². The second kappa shape index (κ2) is 4.89. The van der Waals surface area contributed by atoms with Gasteiger partial charge in [-0.15, -0.1) is 0 Å². The maximum absolute atomic E-state index is 3.36. The van der Waals surface area contributed by atoms with Crippen LogP contribution in [0, 0.1) is 0 Å². The van der Waals surface area contributed by atoms with Crippen LogP contribution in [-0.4, -0.2) is 4.40 Å². The molecule has 0 aliphatic carbocycles. The van der Waals surface area contributed by atoms with Crippen molar-refractivity contribution >= 4 is 17.0 Å². The summed E-state index contributed by atoms with van der Waals surface area (Å²) in [6, 6.07) is 14.2. The fraction of sp³-hybridized carbons (Fsp3) is 0. The summed E-state index contributed by atoms with van der Waals surface area (Å²) in [7, 11) is 0. The molecule has 1 aromatic carbocycles. The minimum atomic E-state index is 0. The van der Waals surface area contributed by atoms with E-state index in [1.807, 2.05) is 55.0 Å². The van der Waals surface area contributed by atoms with Gasteiger partial charge in [0.05, 0.1) is 0 Å². The van der Waals surface area contributed by atoms with E-state index in [9.17, 15) is 0 Å². The van der Waals surface area contributed by atoms with Crippen LogP contribution in [0.15, 0.2) is 61.1 Å². The van der Waals surface area contributed by atoms with Crippen molar-refractivity contribution in [1.82, 2.24) is 4.40 Å². The smallest absolute Gasteiger partial charge is 0.301 e. The zero-order valence-electron chi connectivity index (χ0n) is 9.10. The van der Waals surface area contributed by atoms with Gasteiger partial charge < -0.3 is 16.8 Å². The number of aromatic amines is 1. The molecule has 2 heterocycles. The van der Waals surface area contributed by atoms with Crippen LogP contribution in [0.3, 0.4) is 0 Å². The lowest BCUT2D eigenvalue weighted by Crippen LogP contribution is -3.00. The highest BCUT2D eigenvalue weighted by Crippen LogP contribution is 2.16. The van der Waals surface area contributed by atoms with E-state index in [4.69, 9.17) is 0 Å². The van der Waals surface area contributed by atoms with E-state index in [2.05, 4.69) is 20.8 Å². The molecule has 4 heteroatoms. The summed E-state index contributed by atoms with van der Waals surface area (Å²) in [5.41, 5.74) is 2.21. The van der Waals surface area contributed by atoms with Crippen molar-refractivity contribution in [1.29, 1.82) is 0 Å². The molecule has 0 radical (unpaired) electrons. The van der Waals surface area contributed by atoms with Gasteiger partial charge in [0, 0.05) is 12.4 Å². The third-order valence-corrected chi connectivity index (χ3v) is 2.54. The van der Waals surface area contributed by atoms with Crippen LogP contribution in [0.1, 0.15) is 0 Å². The third kappa shape index (κ3) is 2.24. The number of anilines is 2. The lowest BCUT2D eigenvalue weighted by molar-refractivity contribution is -0.360. The van der Waals surface area contributed by atoms with Crippen LogP contribution in [0.5, 0.6) is 0 Å². The highest BCUT2D eigenvalue weighted by atomic mass is 35.5. The summed E-state index contributed by atoms with van der Waals surface area (Å²) in [6.45, 7) is 0. The molecule has 0 atom stereocenters. The van der Waals surface area contributed by atoms with Gasteiger partial charge in [0.1, 0.15) is 17.4 Å². The number of fused-ring (bicyclic) bond motifs is 1. The number of nitrogens with one attached hydrogen (secondary N) is 2. The molecule has 2 N–H and O–H groups in total. The molecule has 0 spiro atoms. The Bertz CT molecular complexity index is 604. The Morgan fingerprint density at radius 1 is 0.941 bits per heavy atom. The molecule has 3 nitrogen and oxygen atoms in total. The molecule has 0 aliphatic heterocycles. The van der Waals surface area contributed by atoms with Crippen molar-refractivity contribution in [3.8, 4) is 0 Å². The summed E-state index contributed by atoms with van der Waals surface area (Å²) in [6.07, 6.45) is 5.93. The number of para-hydroxylation sites is 1. The quantitative estimate of drug-likeness (QED) is 0.649. The standard InChI is InChI=1S/C13H11N3.ClH/c1-2-5-11(6-3-1)15-13-12-7-4-9-16(12)10-8-14-13;/h1-10H,(H,14,15);1H. The van der Waals surface area contributed by atoms with Crippen LogP contribution < -0.4 is 22.7 Å². The Labute approximate surface area is 106 Å². The van der Waals surface area contributed by atoms with Crippen LogP contribution >= 0.6 is 0 Å². The molecule has 86 valence electrons. The first-order chi connectivity index (χ1) is 7.93. The maximum atomic E-state index is 3.36. The lowest BCUT2D eigenvalue weighted by Gasteiger charge is -2.00. The van der Waals surface area contributed by atoms with Crippen LogP contribution in [0.2, 0.25) is 0 Å². The van der Waals surface area contributed by atoms with Crippen LogP contribution in [0.25, 0.3) is 5.52 Å². The van der Waals surface area contributed by atoms with Crippen molar-refractivity contribution in [2.75, 3.05) is 5.32 Å². The van der Waals surface area contributed by atoms with Crippen LogP contribution in [0.4, 0.5) is 11.5 Å². The number of benzene rings is 1. The second-order valence-electron chi connectivity index (χ2n) is 3.63. The molecule has 0 fully saturated rings. The van der Waals surface area contributed by atoms with Crippen LogP contribution in [-0.2, 0) is 0 Å². The van der Waals surface area contributed by atoms with E-state index in [1.54, 1.807) is 0 Å². The van der Waals surface area contributed by atoms with E-state index < -0.39 is 0 Å². The topological polar surface area (TPSA) is 30.6 Å². The van der Waals surface area contributed by atoms with E-state index in [0.29, 0.717) is 0 Å². The number of H-pyrrole nitrogens is 1. The molecule has 3 rings (SSSR count). The van der Waals surface area contributed by atoms with Crippen molar-refractivity contribution in [2.24, 2.45) is 0 Å². The Morgan fingerprint density at radius 3 is 2.59 bits per heavy atom. The Hall–Kier alpha value is -2.00. The summed E-state index contributed by atoms with van der Waals surface area (Å²) >= 11 is 0. The Balaban J connectivity index is 0.00000108. The number of nitrogens with zero attached hydrogens (tertiary/aromatic N) is 1. The monoisotopic (exact) mass is 245 g/mol. The number of hydrogen-bond acceptors (Lipinski definition) is 1. The van der Waals surface area contributed by atoms with Gasteiger partial charge in [-0.1, -0.05) is 18.2 Å². The normalized spacial score (nSPS) is 9.88. The second-order valence-corrected chi connectivity index (χ2v) is 3.63. The van der Waals surface area contributed by atoms with Crippen molar-refractivity contribution < 1.29 is 17.4 Å². The molecule has 0 unspecified atom stereocenters. The lowest BCUT2D eigenvalue weighted by atomic mass is 10.3. The average molecular weight is 246 g/mol. The van der Waals surface area contributed by atoms with E-state index in [1.165, 1.54) is 0 Å². The number of halogens is 1. The molecule has 0 aliphatic rings. The summed E-state index contributed by atoms with van der Waals surface area (Å²) in [5, 5.41) is 3.36. The van der Waals surface area contributed by atoms with Gasteiger partial charge in [-0.3, -0.25) is 0 Å². The molecule has 2 aromatic heterocycles. The molecule has 17 heavy (non-hydrogen) atoms. The van der Waals surface area contributed by atoms with Gasteiger partial charge in [-0.05, 0) is 24.3 Å². The van der Waals surface area contributed by atoms with E-state index >= 15 is 0 Å². The zero-order valence-corrected chi connectivity index (χ0v) is 9.85. The minimum absolute atomic E-state index is 0. The van der Waals surface area contributed by atoms with Crippen molar-refractivity contribution in [3.63, 3.8) is 0 Å². The zero-order chi connectivity index (χ0) is 10.8. The highest BCUT2D eigenvalue weighted by Gasteiger charge is 2.07. The van der Waals surface area contributed by atoms with E-state index in [0.717, 1.165) is 17.0 Å². The summed E-state index contributed by atoms with van der Waals surface area (Å²) < 4.78 is 2.07. The number of aromatic nitrogens is 2. The first kappa shape index (κ1) is 11.5. The predicted molar refractivity (Wildman–Crippen MR) is 63.7 cm³/mol. The molecular weight excluding hydrogens is 234 g/mol. The average Bonchev–Trinajstić information content (AvgIpc) is 2.80. The molecule has 0 amide bonds. The first-order valence-electron chi connectivity index (χ1n) is 5.23. The Kier molecular flexibility index (Phi) is 3.30. The summed E-state index contributed by atoms with van der Waals surface area (Å²) in [4.78, 5) is 3.21. The van der Waals surface area contributed by atoms with Gasteiger partial charge in [-0.25, -0.2) is 10.3 Å². The van der Waals surface area contributed by atoms with Gasteiger partial charge in [-0.2, -0.15) is 0 Å². The molecule has 0 bridgehead atoms. The van der Waals surface area contributed by atoms with Crippen molar-refractivity contribution in [2.45, 2.75) is 0 Å². The van der Waals surface area contributed by atoms with Gasteiger partial charge >= 0.3 is 5.82 Å². The Morgan fingerprint density at radius 2 is 1.76 bits per heavy atom. The molecule has 0 saturated carbocycles. The van der Waals surface area contributed by atoms with E-state index in [-0.39, 0.29) is 12.4 Å². The third-order valence-electron chi connectivity index (χ3n) is 2.54. The fourth-order valence-electron chi connectivity index (χ4n) is 1.78. The van der Waals surface area contributed by atoms with Gasteiger partial charge in [0.25, 0.3) is 0 Å². The number of hydrogen-bond donors (Lipinski definition) is 1. The van der Waals surface area contributed by atoms with Gasteiger partial charge in [0.2, 0.25) is 0 Å².